The fourth-order valence-electron chi connectivity index (χ4n) is 3.51. The average Bonchev–Trinajstić information content (AvgIpc) is 2.68. The summed E-state index contributed by atoms with van der Waals surface area (Å²) in [7, 11) is 0. The van der Waals surface area contributed by atoms with E-state index in [1.54, 1.807) is 13.1 Å². The molecule has 0 amide bonds. The first-order valence-electron chi connectivity index (χ1n) is 7.79. The van der Waals surface area contributed by atoms with Crippen LogP contribution in [0.15, 0.2) is 6.20 Å². The highest BCUT2D eigenvalue weighted by Gasteiger charge is 2.32. The Balaban J connectivity index is 2.33. The van der Waals surface area contributed by atoms with Crippen molar-refractivity contribution in [1.82, 2.24) is 4.98 Å². The van der Waals surface area contributed by atoms with Gasteiger partial charge in [0, 0.05) is 17.3 Å². The summed E-state index contributed by atoms with van der Waals surface area (Å²) in [6.07, 6.45) is 9.52. The number of rotatable bonds is 4. The van der Waals surface area contributed by atoms with Crippen LogP contribution < -0.4 is 5.73 Å². The summed E-state index contributed by atoms with van der Waals surface area (Å²) in [5.74, 6) is 0. The lowest BCUT2D eigenvalue weighted by Gasteiger charge is -2.31. The van der Waals surface area contributed by atoms with Crippen molar-refractivity contribution >= 4 is 5.69 Å². The zero-order valence-corrected chi connectivity index (χ0v) is 13.0. The van der Waals surface area contributed by atoms with Crippen LogP contribution in [0.2, 0.25) is 0 Å². The van der Waals surface area contributed by atoms with E-state index in [4.69, 9.17) is 5.73 Å². The minimum Gasteiger partial charge on any atom is -0.330 e. The number of aromatic nitrogens is 1. The number of pyridine rings is 1. The number of nitrogens with two attached hydrogens (primary N) is 1. The van der Waals surface area contributed by atoms with Gasteiger partial charge < -0.3 is 5.73 Å². The van der Waals surface area contributed by atoms with Gasteiger partial charge in [-0.05, 0) is 45.1 Å². The third-order valence-corrected chi connectivity index (χ3v) is 4.90. The van der Waals surface area contributed by atoms with E-state index in [0.29, 0.717) is 17.7 Å². The molecule has 1 aromatic rings. The summed E-state index contributed by atoms with van der Waals surface area (Å²) in [5, 5.41) is 11.2. The molecule has 1 saturated carbocycles. The summed E-state index contributed by atoms with van der Waals surface area (Å²) >= 11 is 0. The van der Waals surface area contributed by atoms with E-state index in [1.807, 2.05) is 6.92 Å². The van der Waals surface area contributed by atoms with E-state index in [9.17, 15) is 10.1 Å². The van der Waals surface area contributed by atoms with Crippen molar-refractivity contribution in [3.8, 4) is 0 Å². The monoisotopic (exact) mass is 291 g/mol. The quantitative estimate of drug-likeness (QED) is 0.523. The molecule has 1 aromatic heterocycles. The second kappa shape index (κ2) is 6.52. The Labute approximate surface area is 126 Å². The number of nitro groups is 1. The van der Waals surface area contributed by atoms with Gasteiger partial charge >= 0.3 is 0 Å². The fourth-order valence-corrected chi connectivity index (χ4v) is 3.51. The molecule has 0 aromatic carbocycles. The largest absolute Gasteiger partial charge is 0.330 e. The first-order chi connectivity index (χ1) is 9.99. The number of aryl methyl sites for hydroxylation is 1. The lowest BCUT2D eigenvalue weighted by Crippen LogP contribution is -2.33. The molecular weight excluding hydrogens is 266 g/mol. The Bertz CT molecular complexity index is 520. The molecule has 0 aliphatic heterocycles. The van der Waals surface area contributed by atoms with E-state index in [2.05, 4.69) is 4.98 Å². The lowest BCUT2D eigenvalue weighted by molar-refractivity contribution is -0.386. The van der Waals surface area contributed by atoms with E-state index in [-0.39, 0.29) is 16.0 Å². The van der Waals surface area contributed by atoms with Gasteiger partial charge in [-0.15, -0.1) is 0 Å². The van der Waals surface area contributed by atoms with Crippen LogP contribution >= 0.6 is 0 Å². The van der Waals surface area contributed by atoms with Gasteiger partial charge in [0.15, 0.2) is 0 Å². The van der Waals surface area contributed by atoms with Crippen LogP contribution in [0.1, 0.15) is 55.3 Å². The van der Waals surface area contributed by atoms with Crippen LogP contribution in [0.4, 0.5) is 5.69 Å². The minimum absolute atomic E-state index is 0.0669. The molecule has 1 fully saturated rings. The molecule has 0 radical (unpaired) electrons. The Kier molecular flexibility index (Phi) is 4.93. The molecule has 1 heterocycles. The Morgan fingerprint density at radius 2 is 1.90 bits per heavy atom. The van der Waals surface area contributed by atoms with Gasteiger partial charge in [-0.3, -0.25) is 15.1 Å². The summed E-state index contributed by atoms with van der Waals surface area (Å²) in [6.45, 7) is 4.19. The summed E-state index contributed by atoms with van der Waals surface area (Å²) < 4.78 is 0. The molecule has 21 heavy (non-hydrogen) atoms. The second-order valence-electron chi connectivity index (χ2n) is 6.41. The predicted octanol–water partition coefficient (Wildman–Crippen LogP) is 3.45. The zero-order chi connectivity index (χ0) is 15.5. The Morgan fingerprint density at radius 1 is 1.29 bits per heavy atom. The standard InChI is InChI=1S/C16H25N3O2/c1-12-10-18-14(13(2)15(12)19(20)21)9-16(11-17)7-5-3-4-6-8-16/h10H,3-9,11,17H2,1-2H3. The first kappa shape index (κ1) is 15.9. The predicted molar refractivity (Wildman–Crippen MR) is 83.3 cm³/mol. The summed E-state index contributed by atoms with van der Waals surface area (Å²) in [6, 6.07) is 0. The number of hydrogen-bond acceptors (Lipinski definition) is 4. The van der Waals surface area contributed by atoms with Gasteiger partial charge in [0.2, 0.25) is 0 Å². The van der Waals surface area contributed by atoms with E-state index in [0.717, 1.165) is 25.0 Å². The molecule has 2 N–H and O–H groups in total. The molecule has 0 bridgehead atoms. The fraction of sp³-hybridized carbons (Fsp3) is 0.688. The topological polar surface area (TPSA) is 82.0 Å². The molecule has 1 aliphatic rings. The molecular formula is C16H25N3O2. The van der Waals surface area contributed by atoms with Crippen molar-refractivity contribution in [2.24, 2.45) is 11.1 Å². The van der Waals surface area contributed by atoms with Crippen LogP contribution in [0, 0.1) is 29.4 Å². The highest BCUT2D eigenvalue weighted by atomic mass is 16.6. The van der Waals surface area contributed by atoms with Crippen molar-refractivity contribution in [3.05, 3.63) is 33.1 Å². The van der Waals surface area contributed by atoms with E-state index in [1.165, 1.54) is 25.7 Å². The average molecular weight is 291 g/mol. The van der Waals surface area contributed by atoms with E-state index < -0.39 is 0 Å². The van der Waals surface area contributed by atoms with Crippen LogP contribution in [0.5, 0.6) is 0 Å². The van der Waals surface area contributed by atoms with Crippen molar-refractivity contribution < 1.29 is 4.92 Å². The molecule has 5 nitrogen and oxygen atoms in total. The lowest BCUT2D eigenvalue weighted by atomic mass is 9.76. The molecule has 116 valence electrons. The molecule has 1 aliphatic carbocycles. The van der Waals surface area contributed by atoms with Crippen molar-refractivity contribution in [3.63, 3.8) is 0 Å². The summed E-state index contributed by atoms with van der Waals surface area (Å²) in [4.78, 5) is 15.4. The maximum Gasteiger partial charge on any atom is 0.278 e. The molecule has 0 unspecified atom stereocenters. The maximum atomic E-state index is 11.2. The van der Waals surface area contributed by atoms with Gasteiger partial charge in [-0.2, -0.15) is 0 Å². The van der Waals surface area contributed by atoms with Gasteiger partial charge in [-0.25, -0.2) is 0 Å². The first-order valence-corrected chi connectivity index (χ1v) is 7.79. The second-order valence-corrected chi connectivity index (χ2v) is 6.41. The van der Waals surface area contributed by atoms with Crippen LogP contribution in [-0.2, 0) is 6.42 Å². The number of hydrogen-bond donors (Lipinski definition) is 1. The molecule has 0 saturated heterocycles. The molecule has 5 heteroatoms. The van der Waals surface area contributed by atoms with E-state index >= 15 is 0 Å². The molecule has 2 rings (SSSR count). The molecule has 0 spiro atoms. The van der Waals surface area contributed by atoms with Gasteiger partial charge in [0.1, 0.15) is 0 Å². The van der Waals surface area contributed by atoms with Gasteiger partial charge in [0.25, 0.3) is 5.69 Å². The van der Waals surface area contributed by atoms with Gasteiger partial charge in [0.05, 0.1) is 10.6 Å². The molecule has 0 atom stereocenters. The normalized spacial score (nSPS) is 18.2. The van der Waals surface area contributed by atoms with Crippen molar-refractivity contribution in [2.45, 2.75) is 58.8 Å². The number of nitrogens with zero attached hydrogens (tertiary/aromatic N) is 2. The summed E-state index contributed by atoms with van der Waals surface area (Å²) in [5.41, 5.74) is 8.53. The smallest absolute Gasteiger partial charge is 0.278 e. The third-order valence-electron chi connectivity index (χ3n) is 4.90. The Morgan fingerprint density at radius 3 is 2.43 bits per heavy atom. The maximum absolute atomic E-state index is 11.2. The Hall–Kier alpha value is -1.49. The third kappa shape index (κ3) is 3.40. The van der Waals surface area contributed by atoms with Crippen molar-refractivity contribution in [2.75, 3.05) is 6.54 Å². The highest BCUT2D eigenvalue weighted by molar-refractivity contribution is 5.47. The highest BCUT2D eigenvalue weighted by Crippen LogP contribution is 2.38. The van der Waals surface area contributed by atoms with Gasteiger partial charge in [-0.1, -0.05) is 25.7 Å². The van der Waals surface area contributed by atoms with Crippen molar-refractivity contribution in [1.29, 1.82) is 0 Å². The zero-order valence-electron chi connectivity index (χ0n) is 13.0. The van der Waals surface area contributed by atoms with Crippen LogP contribution in [-0.4, -0.2) is 16.5 Å². The van der Waals surface area contributed by atoms with Crippen LogP contribution in [0.25, 0.3) is 0 Å². The minimum atomic E-state index is -0.294. The van der Waals surface area contributed by atoms with Crippen LogP contribution in [0.3, 0.4) is 0 Å². The SMILES string of the molecule is Cc1cnc(CC2(CN)CCCCCC2)c(C)c1[N+](=O)[O-].